The summed E-state index contributed by atoms with van der Waals surface area (Å²) < 4.78 is 12.7. The number of nitrogens with one attached hydrogen (secondary N) is 1. The van der Waals surface area contributed by atoms with Crippen molar-refractivity contribution in [3.63, 3.8) is 0 Å². The normalized spacial score (nSPS) is 10.2. The molecular weight excluding hydrogens is 251 g/mol. The number of anilines is 2. The molecule has 0 spiro atoms. The summed E-state index contributed by atoms with van der Waals surface area (Å²) in [7, 11) is 0. The number of nitrogen functional groups attached to an aromatic ring is 1. The van der Waals surface area contributed by atoms with Gasteiger partial charge in [-0.15, -0.1) is 0 Å². The molecule has 0 aliphatic heterocycles. The first kappa shape index (κ1) is 12.7. The lowest BCUT2D eigenvalue weighted by Crippen LogP contribution is -2.05. The van der Waals surface area contributed by atoms with Crippen LogP contribution in [0, 0.1) is 15.9 Å². The van der Waals surface area contributed by atoms with Gasteiger partial charge >= 0.3 is 5.82 Å². The highest BCUT2D eigenvalue weighted by Crippen LogP contribution is 2.20. The fourth-order valence-corrected chi connectivity index (χ4v) is 1.50. The molecule has 2 aromatic rings. The molecule has 0 unspecified atom stereocenters. The second-order valence-corrected chi connectivity index (χ2v) is 3.85. The molecule has 3 N–H and O–H groups in total. The zero-order valence-corrected chi connectivity index (χ0v) is 9.84. The van der Waals surface area contributed by atoms with Gasteiger partial charge in [0.15, 0.2) is 0 Å². The van der Waals surface area contributed by atoms with Crippen molar-refractivity contribution in [2.75, 3.05) is 11.1 Å². The van der Waals surface area contributed by atoms with E-state index in [2.05, 4.69) is 10.3 Å². The van der Waals surface area contributed by atoms with Crippen LogP contribution in [0.15, 0.2) is 36.4 Å². The predicted octanol–water partition coefficient (Wildman–Crippen LogP) is 2.32. The van der Waals surface area contributed by atoms with E-state index in [9.17, 15) is 14.5 Å². The number of aromatic nitrogens is 1. The average molecular weight is 262 g/mol. The van der Waals surface area contributed by atoms with Crippen LogP contribution in [0.5, 0.6) is 0 Å². The molecule has 0 amide bonds. The quantitative estimate of drug-likeness (QED) is 0.651. The maximum absolute atomic E-state index is 12.7. The summed E-state index contributed by atoms with van der Waals surface area (Å²) in [5.74, 6) is -0.362. The first-order valence-corrected chi connectivity index (χ1v) is 5.45. The van der Waals surface area contributed by atoms with Crippen LogP contribution in [0.2, 0.25) is 0 Å². The van der Waals surface area contributed by atoms with Crippen molar-refractivity contribution in [1.82, 2.24) is 4.98 Å². The molecule has 0 aliphatic rings. The third kappa shape index (κ3) is 3.15. The molecule has 0 aliphatic carbocycles. The Kier molecular flexibility index (Phi) is 3.56. The largest absolute Gasteiger partial charge is 0.392 e. The van der Waals surface area contributed by atoms with E-state index in [0.717, 1.165) is 5.56 Å². The monoisotopic (exact) mass is 262 g/mol. The van der Waals surface area contributed by atoms with Gasteiger partial charge in [-0.2, -0.15) is 0 Å². The van der Waals surface area contributed by atoms with Gasteiger partial charge in [0.25, 0.3) is 0 Å². The molecule has 98 valence electrons. The van der Waals surface area contributed by atoms with Crippen molar-refractivity contribution in [2.45, 2.75) is 6.54 Å². The van der Waals surface area contributed by atoms with Crippen LogP contribution in [0.3, 0.4) is 0 Å². The van der Waals surface area contributed by atoms with E-state index in [1.54, 1.807) is 18.2 Å². The summed E-state index contributed by atoms with van der Waals surface area (Å²) >= 11 is 0. The Morgan fingerprint density at radius 2 is 1.95 bits per heavy atom. The van der Waals surface area contributed by atoms with E-state index in [4.69, 9.17) is 5.73 Å². The number of nitrogens with zero attached hydrogens (tertiary/aromatic N) is 2. The molecular formula is C12H11FN4O2. The molecule has 19 heavy (non-hydrogen) atoms. The zero-order chi connectivity index (χ0) is 13.8. The van der Waals surface area contributed by atoms with E-state index >= 15 is 0 Å². The number of hydrogen-bond acceptors (Lipinski definition) is 5. The molecule has 0 saturated heterocycles. The minimum atomic E-state index is -0.640. The Balaban J connectivity index is 2.09. The fraction of sp³-hybridized carbons (Fsp3) is 0.0833. The van der Waals surface area contributed by atoms with E-state index in [1.807, 2.05) is 0 Å². The standard InChI is InChI=1S/C12H11FN4O2/c13-9-3-1-8(2-4-9)7-15-11-6-5-10(14)12(16-11)17(18)19/h1-6H,7,14H2,(H,15,16). The Bertz CT molecular complexity index is 601. The zero-order valence-electron chi connectivity index (χ0n) is 9.84. The van der Waals surface area contributed by atoms with E-state index in [1.165, 1.54) is 18.2 Å². The minimum absolute atomic E-state index is 0.0114. The second kappa shape index (κ2) is 5.30. The van der Waals surface area contributed by atoms with Crippen molar-refractivity contribution in [3.05, 3.63) is 57.9 Å². The number of nitrogens with two attached hydrogens (primary N) is 1. The van der Waals surface area contributed by atoms with Crippen LogP contribution in [-0.4, -0.2) is 9.91 Å². The Morgan fingerprint density at radius 3 is 2.58 bits per heavy atom. The SMILES string of the molecule is Nc1ccc(NCc2ccc(F)cc2)nc1[N+](=O)[O-]. The van der Waals surface area contributed by atoms with Crippen LogP contribution >= 0.6 is 0 Å². The van der Waals surface area contributed by atoms with Crippen molar-refractivity contribution in [1.29, 1.82) is 0 Å². The number of nitro groups is 1. The number of halogens is 1. The van der Waals surface area contributed by atoms with Gasteiger partial charge in [0, 0.05) is 12.6 Å². The van der Waals surface area contributed by atoms with Crippen LogP contribution in [0.25, 0.3) is 0 Å². The average Bonchev–Trinajstić information content (AvgIpc) is 2.39. The van der Waals surface area contributed by atoms with Crippen molar-refractivity contribution >= 4 is 17.3 Å². The summed E-state index contributed by atoms with van der Waals surface area (Å²) in [4.78, 5) is 13.8. The first-order chi connectivity index (χ1) is 9.06. The molecule has 0 saturated carbocycles. The third-order valence-corrected chi connectivity index (χ3v) is 2.47. The van der Waals surface area contributed by atoms with Gasteiger partial charge in [-0.1, -0.05) is 12.1 Å². The Hall–Kier alpha value is -2.70. The van der Waals surface area contributed by atoms with Crippen LogP contribution < -0.4 is 11.1 Å². The lowest BCUT2D eigenvalue weighted by Gasteiger charge is -2.03. The van der Waals surface area contributed by atoms with Gasteiger partial charge in [0.05, 0.1) is 0 Å². The van der Waals surface area contributed by atoms with Gasteiger partial charge in [-0.05, 0) is 33.7 Å². The fourth-order valence-electron chi connectivity index (χ4n) is 1.50. The highest BCUT2D eigenvalue weighted by Gasteiger charge is 2.14. The summed E-state index contributed by atoms with van der Waals surface area (Å²) in [6.45, 7) is 0.383. The third-order valence-electron chi connectivity index (χ3n) is 2.47. The lowest BCUT2D eigenvalue weighted by molar-refractivity contribution is -0.388. The van der Waals surface area contributed by atoms with Gasteiger partial charge < -0.3 is 21.2 Å². The number of benzene rings is 1. The Labute approximate surface area is 108 Å². The molecule has 0 radical (unpaired) electrons. The van der Waals surface area contributed by atoms with Crippen molar-refractivity contribution in [2.24, 2.45) is 0 Å². The van der Waals surface area contributed by atoms with Crippen molar-refractivity contribution in [3.8, 4) is 0 Å². The van der Waals surface area contributed by atoms with Crippen LogP contribution in [0.1, 0.15) is 5.56 Å². The minimum Gasteiger partial charge on any atom is -0.392 e. The van der Waals surface area contributed by atoms with Crippen LogP contribution in [0.4, 0.5) is 21.7 Å². The molecule has 0 bridgehead atoms. The highest BCUT2D eigenvalue weighted by atomic mass is 19.1. The topological polar surface area (TPSA) is 94.1 Å². The second-order valence-electron chi connectivity index (χ2n) is 3.85. The maximum Gasteiger partial charge on any atom is 0.388 e. The highest BCUT2D eigenvalue weighted by molar-refractivity contribution is 5.57. The molecule has 0 fully saturated rings. The molecule has 1 aromatic heterocycles. The van der Waals surface area contributed by atoms with Gasteiger partial charge in [-0.25, -0.2) is 4.39 Å². The molecule has 1 heterocycles. The number of rotatable bonds is 4. The lowest BCUT2D eigenvalue weighted by atomic mass is 10.2. The smallest absolute Gasteiger partial charge is 0.388 e. The van der Waals surface area contributed by atoms with Crippen molar-refractivity contribution < 1.29 is 9.31 Å². The number of pyridine rings is 1. The predicted molar refractivity (Wildman–Crippen MR) is 69.0 cm³/mol. The summed E-state index contributed by atoms with van der Waals surface area (Å²) in [5.41, 5.74) is 6.29. The molecule has 0 atom stereocenters. The molecule has 2 rings (SSSR count). The molecule has 1 aromatic carbocycles. The first-order valence-electron chi connectivity index (χ1n) is 5.45. The Morgan fingerprint density at radius 1 is 1.26 bits per heavy atom. The van der Waals surface area contributed by atoms with Crippen LogP contribution in [-0.2, 0) is 6.54 Å². The van der Waals surface area contributed by atoms with E-state index < -0.39 is 4.92 Å². The van der Waals surface area contributed by atoms with E-state index in [-0.39, 0.29) is 17.3 Å². The molecule has 6 nitrogen and oxygen atoms in total. The maximum atomic E-state index is 12.7. The summed E-state index contributed by atoms with van der Waals surface area (Å²) in [5, 5.41) is 13.6. The van der Waals surface area contributed by atoms with Gasteiger partial charge in [0.2, 0.25) is 5.82 Å². The van der Waals surface area contributed by atoms with Gasteiger partial charge in [0.1, 0.15) is 11.5 Å². The molecule has 7 heteroatoms. The number of hydrogen-bond donors (Lipinski definition) is 2. The summed E-state index contributed by atoms with van der Waals surface area (Å²) in [6.07, 6.45) is 0. The van der Waals surface area contributed by atoms with E-state index in [0.29, 0.717) is 12.4 Å². The summed E-state index contributed by atoms with van der Waals surface area (Å²) in [6, 6.07) is 8.89. The van der Waals surface area contributed by atoms with Gasteiger partial charge in [-0.3, -0.25) is 0 Å².